The van der Waals surface area contributed by atoms with Gasteiger partial charge in [-0.3, -0.25) is 14.8 Å². The van der Waals surface area contributed by atoms with Crippen molar-refractivity contribution in [2.24, 2.45) is 0 Å². The number of benzene rings is 2. The minimum absolute atomic E-state index is 0.0180. The lowest BCUT2D eigenvalue weighted by molar-refractivity contribution is -0.125. The topological polar surface area (TPSA) is 98.7 Å². The highest BCUT2D eigenvalue weighted by molar-refractivity contribution is 6.24. The lowest BCUT2D eigenvalue weighted by atomic mass is 10.0. The van der Waals surface area contributed by atoms with Gasteiger partial charge >= 0.3 is 0 Å². The fourth-order valence-corrected chi connectivity index (χ4v) is 3.55. The van der Waals surface area contributed by atoms with E-state index < -0.39 is 5.91 Å². The summed E-state index contributed by atoms with van der Waals surface area (Å²) in [6, 6.07) is 19.5. The summed E-state index contributed by atoms with van der Waals surface area (Å²) in [6.07, 6.45) is 4.65. The van der Waals surface area contributed by atoms with Gasteiger partial charge in [0.25, 0.3) is 11.8 Å². The van der Waals surface area contributed by atoms with Crippen LogP contribution in [0.15, 0.2) is 73.1 Å². The molecule has 162 valence electrons. The number of aromatic nitrogens is 2. The second-order valence-corrected chi connectivity index (χ2v) is 7.33. The second kappa shape index (κ2) is 9.84. The third-order valence-corrected chi connectivity index (χ3v) is 5.28. The number of nitrogens with zero attached hydrogens (tertiary/aromatic N) is 4. The number of carbonyl (C=O) groups is 2. The molecule has 0 spiro atoms. The molecule has 2 N–H and O–H groups in total. The van der Waals surface area contributed by atoms with Gasteiger partial charge in [0, 0.05) is 44.1 Å². The SMILES string of the molecule is O=C(NO)c1cnc(N2CCN(C(=O)/C(=C/c3ccccc3)c3ccccc3)CC2)nc1. The average molecular weight is 429 g/mol. The van der Waals surface area contributed by atoms with E-state index in [0.29, 0.717) is 37.7 Å². The van der Waals surface area contributed by atoms with Gasteiger partial charge in [0.15, 0.2) is 0 Å². The first-order valence-corrected chi connectivity index (χ1v) is 10.3. The molecule has 2 heterocycles. The number of hydrogen-bond donors (Lipinski definition) is 2. The fourth-order valence-electron chi connectivity index (χ4n) is 3.55. The van der Waals surface area contributed by atoms with Crippen molar-refractivity contribution in [1.29, 1.82) is 0 Å². The molecular formula is C24H23N5O3. The molecule has 4 rings (SSSR count). The summed E-state index contributed by atoms with van der Waals surface area (Å²) < 4.78 is 0. The molecule has 32 heavy (non-hydrogen) atoms. The smallest absolute Gasteiger partial charge is 0.277 e. The van der Waals surface area contributed by atoms with Crippen LogP contribution in [0, 0.1) is 0 Å². The Kier molecular flexibility index (Phi) is 6.52. The van der Waals surface area contributed by atoms with Crippen LogP contribution in [0.2, 0.25) is 0 Å². The summed E-state index contributed by atoms with van der Waals surface area (Å²) in [5.74, 6) is -0.198. The van der Waals surface area contributed by atoms with Gasteiger partial charge in [-0.1, -0.05) is 60.7 Å². The van der Waals surface area contributed by atoms with Gasteiger partial charge in [-0.05, 0) is 17.2 Å². The number of amides is 2. The zero-order valence-corrected chi connectivity index (χ0v) is 17.4. The summed E-state index contributed by atoms with van der Waals surface area (Å²) in [5.41, 5.74) is 4.23. The predicted octanol–water partition coefficient (Wildman–Crippen LogP) is 2.49. The van der Waals surface area contributed by atoms with Crippen molar-refractivity contribution < 1.29 is 14.8 Å². The Labute approximate surface area is 185 Å². The van der Waals surface area contributed by atoms with E-state index >= 15 is 0 Å². The summed E-state index contributed by atoms with van der Waals surface area (Å²) >= 11 is 0. The van der Waals surface area contributed by atoms with Crippen LogP contribution < -0.4 is 10.4 Å². The van der Waals surface area contributed by atoms with Crippen LogP contribution in [0.4, 0.5) is 5.95 Å². The molecule has 8 heteroatoms. The third kappa shape index (κ3) is 4.81. The zero-order chi connectivity index (χ0) is 22.3. The summed E-state index contributed by atoms with van der Waals surface area (Å²) in [7, 11) is 0. The summed E-state index contributed by atoms with van der Waals surface area (Å²) in [4.78, 5) is 37.1. The van der Waals surface area contributed by atoms with Gasteiger partial charge in [-0.15, -0.1) is 0 Å². The van der Waals surface area contributed by atoms with Crippen LogP contribution in [0.3, 0.4) is 0 Å². The molecule has 0 radical (unpaired) electrons. The lowest BCUT2D eigenvalue weighted by Gasteiger charge is -2.35. The molecule has 1 fully saturated rings. The molecule has 2 amide bonds. The number of carbonyl (C=O) groups excluding carboxylic acids is 2. The normalized spacial score (nSPS) is 14.2. The van der Waals surface area contributed by atoms with E-state index in [1.165, 1.54) is 12.4 Å². The van der Waals surface area contributed by atoms with E-state index in [2.05, 4.69) is 9.97 Å². The van der Waals surface area contributed by atoms with Crippen molar-refractivity contribution >= 4 is 29.4 Å². The van der Waals surface area contributed by atoms with E-state index in [0.717, 1.165) is 11.1 Å². The van der Waals surface area contributed by atoms with Crippen LogP contribution in [-0.4, -0.2) is 58.1 Å². The molecule has 0 saturated carbocycles. The minimum Gasteiger partial charge on any atom is -0.337 e. The van der Waals surface area contributed by atoms with Crippen LogP contribution in [0.25, 0.3) is 11.6 Å². The first-order valence-electron chi connectivity index (χ1n) is 10.3. The number of hydrogen-bond acceptors (Lipinski definition) is 6. The Bertz CT molecular complexity index is 1090. The Hall–Kier alpha value is -4.04. The molecular weight excluding hydrogens is 406 g/mol. The molecule has 0 aliphatic carbocycles. The van der Waals surface area contributed by atoms with E-state index in [4.69, 9.17) is 5.21 Å². The van der Waals surface area contributed by atoms with Gasteiger partial charge in [0.05, 0.1) is 5.56 Å². The Balaban J connectivity index is 1.48. The number of anilines is 1. The monoisotopic (exact) mass is 429 g/mol. The molecule has 3 aromatic rings. The molecule has 8 nitrogen and oxygen atoms in total. The maximum Gasteiger partial charge on any atom is 0.277 e. The van der Waals surface area contributed by atoms with Crippen molar-refractivity contribution in [3.8, 4) is 0 Å². The highest BCUT2D eigenvalue weighted by Gasteiger charge is 2.25. The summed E-state index contributed by atoms with van der Waals surface area (Å²) in [5, 5.41) is 8.70. The molecule has 1 saturated heterocycles. The highest BCUT2D eigenvalue weighted by atomic mass is 16.5. The Morgan fingerprint density at radius 2 is 1.44 bits per heavy atom. The maximum atomic E-state index is 13.4. The number of piperazine rings is 1. The van der Waals surface area contributed by atoms with Crippen LogP contribution in [0.1, 0.15) is 21.5 Å². The molecule has 0 unspecified atom stereocenters. The predicted molar refractivity (Wildman–Crippen MR) is 121 cm³/mol. The minimum atomic E-state index is -0.661. The van der Waals surface area contributed by atoms with Gasteiger partial charge in [0.1, 0.15) is 0 Å². The largest absolute Gasteiger partial charge is 0.337 e. The zero-order valence-electron chi connectivity index (χ0n) is 17.4. The van der Waals surface area contributed by atoms with Gasteiger partial charge in [-0.25, -0.2) is 15.4 Å². The molecule has 1 aromatic heterocycles. The maximum absolute atomic E-state index is 13.4. The van der Waals surface area contributed by atoms with E-state index in [9.17, 15) is 9.59 Å². The van der Waals surface area contributed by atoms with E-state index in [1.807, 2.05) is 76.5 Å². The molecule has 2 aromatic carbocycles. The van der Waals surface area contributed by atoms with Crippen LogP contribution in [-0.2, 0) is 4.79 Å². The van der Waals surface area contributed by atoms with Crippen LogP contribution in [0.5, 0.6) is 0 Å². The van der Waals surface area contributed by atoms with Gasteiger partial charge in [-0.2, -0.15) is 0 Å². The second-order valence-electron chi connectivity index (χ2n) is 7.33. The fraction of sp³-hybridized carbons (Fsp3) is 0.167. The first kappa shape index (κ1) is 21.2. The number of nitrogens with one attached hydrogen (secondary N) is 1. The molecule has 1 aliphatic rings. The molecule has 0 bridgehead atoms. The van der Waals surface area contributed by atoms with E-state index in [-0.39, 0.29) is 11.5 Å². The lowest BCUT2D eigenvalue weighted by Crippen LogP contribution is -2.49. The van der Waals surface area contributed by atoms with Gasteiger partial charge < -0.3 is 9.80 Å². The van der Waals surface area contributed by atoms with Crippen molar-refractivity contribution in [3.05, 3.63) is 89.7 Å². The van der Waals surface area contributed by atoms with Crippen molar-refractivity contribution in [1.82, 2.24) is 20.3 Å². The number of rotatable bonds is 5. The highest BCUT2D eigenvalue weighted by Crippen LogP contribution is 2.22. The number of hydroxylamine groups is 1. The average Bonchev–Trinajstić information content (AvgIpc) is 2.88. The van der Waals surface area contributed by atoms with Crippen molar-refractivity contribution in [2.45, 2.75) is 0 Å². The van der Waals surface area contributed by atoms with Crippen molar-refractivity contribution in [3.63, 3.8) is 0 Å². The first-order chi connectivity index (χ1) is 15.7. The quantitative estimate of drug-likeness (QED) is 0.280. The Morgan fingerprint density at radius 1 is 0.844 bits per heavy atom. The summed E-state index contributed by atoms with van der Waals surface area (Å²) in [6.45, 7) is 2.20. The van der Waals surface area contributed by atoms with Crippen LogP contribution >= 0.6 is 0 Å². The van der Waals surface area contributed by atoms with Gasteiger partial charge in [0.2, 0.25) is 5.95 Å². The van der Waals surface area contributed by atoms with E-state index in [1.54, 1.807) is 5.48 Å². The third-order valence-electron chi connectivity index (χ3n) is 5.28. The molecule has 0 atom stereocenters. The Morgan fingerprint density at radius 3 is 2.03 bits per heavy atom. The molecule has 1 aliphatic heterocycles. The standard InChI is InChI=1S/C24H23N5O3/c30-22(27-32)20-16-25-24(26-17-20)29-13-11-28(12-14-29)23(31)21(19-9-5-2-6-10-19)15-18-7-3-1-4-8-18/h1-10,15-17,32H,11-14H2,(H,27,30)/b21-15+. The van der Waals surface area contributed by atoms with Crippen molar-refractivity contribution in [2.75, 3.05) is 31.1 Å².